The Balaban J connectivity index is 1.70. The fraction of sp³-hybridized carbons (Fsp3) is 0.750. The minimum absolute atomic E-state index is 0.0295. The number of nitrogens with zero attached hydrogens (tertiary/aromatic N) is 3. The van der Waals surface area contributed by atoms with Gasteiger partial charge in [0, 0.05) is 43.8 Å². The smallest absolute Gasteiger partial charge is 0.240 e. The van der Waals surface area contributed by atoms with Gasteiger partial charge in [0.05, 0.1) is 18.1 Å². The summed E-state index contributed by atoms with van der Waals surface area (Å²) < 4.78 is 0. The van der Waals surface area contributed by atoms with Crippen molar-refractivity contribution in [3.8, 4) is 0 Å². The number of nitrogens with one attached hydrogen (secondary N) is 2. The van der Waals surface area contributed by atoms with E-state index in [-0.39, 0.29) is 29.8 Å². The molecule has 3 rings (SSSR count). The number of H-pyrrole nitrogens is 1. The Morgan fingerprint density at radius 3 is 2.59 bits per heavy atom. The molecular formula is C20H33N5O2. The third-order valence-corrected chi connectivity index (χ3v) is 6.12. The maximum atomic E-state index is 13.1. The molecule has 0 spiro atoms. The second kappa shape index (κ2) is 8.87. The summed E-state index contributed by atoms with van der Waals surface area (Å²) in [5, 5.41) is 3.23. The van der Waals surface area contributed by atoms with Crippen LogP contribution < -0.4 is 5.32 Å². The van der Waals surface area contributed by atoms with E-state index in [2.05, 4.69) is 20.2 Å². The van der Waals surface area contributed by atoms with Gasteiger partial charge in [0.2, 0.25) is 11.8 Å². The van der Waals surface area contributed by atoms with Crippen LogP contribution in [0.15, 0.2) is 6.33 Å². The molecule has 1 aromatic heterocycles. The lowest BCUT2D eigenvalue weighted by Gasteiger charge is -2.28. The maximum Gasteiger partial charge on any atom is 0.240 e. The van der Waals surface area contributed by atoms with Crippen molar-refractivity contribution in [3.63, 3.8) is 0 Å². The van der Waals surface area contributed by atoms with Gasteiger partial charge in [0.15, 0.2) is 0 Å². The van der Waals surface area contributed by atoms with Gasteiger partial charge < -0.3 is 15.2 Å². The SMILES string of the molecule is CCN(CC)C(=O)[C@@H]1C[C@@H](NC(=O)C2CCCC2)CN1Cc1nc[nH]c1C. The molecule has 2 atom stereocenters. The monoisotopic (exact) mass is 375 g/mol. The number of carbonyl (C=O) groups excluding carboxylic acids is 2. The summed E-state index contributed by atoms with van der Waals surface area (Å²) in [5.74, 6) is 0.486. The fourth-order valence-corrected chi connectivity index (χ4v) is 4.43. The number of rotatable bonds is 7. The van der Waals surface area contributed by atoms with E-state index >= 15 is 0 Å². The molecule has 2 N–H and O–H groups in total. The van der Waals surface area contributed by atoms with Crippen LogP contribution in [-0.2, 0) is 16.1 Å². The van der Waals surface area contributed by atoms with E-state index in [1.54, 1.807) is 6.33 Å². The van der Waals surface area contributed by atoms with Crippen LogP contribution in [0.1, 0.15) is 57.3 Å². The Bertz CT molecular complexity index is 649. The molecule has 0 radical (unpaired) electrons. The van der Waals surface area contributed by atoms with Crippen LogP contribution in [0.25, 0.3) is 0 Å². The van der Waals surface area contributed by atoms with Gasteiger partial charge in [-0.15, -0.1) is 0 Å². The van der Waals surface area contributed by atoms with E-state index in [0.29, 0.717) is 32.6 Å². The number of aryl methyl sites for hydroxylation is 1. The van der Waals surface area contributed by atoms with Gasteiger partial charge in [-0.1, -0.05) is 12.8 Å². The molecule has 2 amide bonds. The molecule has 7 heteroatoms. The molecule has 1 aromatic rings. The molecule has 2 aliphatic rings. The highest BCUT2D eigenvalue weighted by atomic mass is 16.2. The Hall–Kier alpha value is -1.89. The van der Waals surface area contributed by atoms with E-state index in [1.165, 1.54) is 0 Å². The third-order valence-electron chi connectivity index (χ3n) is 6.12. The number of hydrogen-bond acceptors (Lipinski definition) is 4. The van der Waals surface area contributed by atoms with Crippen molar-refractivity contribution in [1.82, 2.24) is 25.1 Å². The standard InChI is InChI=1S/C20H33N5O2/c1-4-24(5-2)20(27)18-10-16(23-19(26)15-8-6-7-9-15)11-25(18)12-17-14(3)21-13-22-17/h13,15-16,18H,4-12H2,1-3H3,(H,21,22)(H,23,26)/t16-,18+/m1/s1. The molecule has 0 unspecified atom stereocenters. The Kier molecular flexibility index (Phi) is 6.52. The van der Waals surface area contributed by atoms with Crippen LogP contribution in [0.5, 0.6) is 0 Å². The molecule has 1 saturated carbocycles. The summed E-state index contributed by atoms with van der Waals surface area (Å²) >= 11 is 0. The molecule has 0 bridgehead atoms. The molecule has 2 heterocycles. The second-order valence-corrected chi connectivity index (χ2v) is 7.85. The minimum atomic E-state index is -0.199. The zero-order chi connectivity index (χ0) is 19.4. The van der Waals surface area contributed by atoms with E-state index in [1.807, 2.05) is 25.7 Å². The van der Waals surface area contributed by atoms with Crippen molar-refractivity contribution in [2.45, 2.75) is 71.5 Å². The second-order valence-electron chi connectivity index (χ2n) is 7.85. The zero-order valence-corrected chi connectivity index (χ0v) is 16.8. The minimum Gasteiger partial charge on any atom is -0.352 e. The summed E-state index contributed by atoms with van der Waals surface area (Å²) in [6.07, 6.45) is 6.67. The van der Waals surface area contributed by atoms with Crippen LogP contribution >= 0.6 is 0 Å². The van der Waals surface area contributed by atoms with E-state index < -0.39 is 0 Å². The van der Waals surface area contributed by atoms with Crippen molar-refractivity contribution in [1.29, 1.82) is 0 Å². The van der Waals surface area contributed by atoms with E-state index in [0.717, 1.165) is 37.1 Å². The molecule has 2 fully saturated rings. The van der Waals surface area contributed by atoms with Crippen LogP contribution in [0.3, 0.4) is 0 Å². The normalized spacial score (nSPS) is 23.7. The lowest BCUT2D eigenvalue weighted by Crippen LogP contribution is -2.45. The van der Waals surface area contributed by atoms with Crippen LogP contribution in [0.2, 0.25) is 0 Å². The van der Waals surface area contributed by atoms with Crippen LogP contribution in [0.4, 0.5) is 0 Å². The lowest BCUT2D eigenvalue weighted by atomic mass is 10.1. The molecule has 7 nitrogen and oxygen atoms in total. The van der Waals surface area contributed by atoms with Crippen molar-refractivity contribution in [2.24, 2.45) is 5.92 Å². The number of likely N-dealkylation sites (N-methyl/N-ethyl adjacent to an activating group) is 1. The fourth-order valence-electron chi connectivity index (χ4n) is 4.43. The topological polar surface area (TPSA) is 81.3 Å². The quantitative estimate of drug-likeness (QED) is 0.762. The van der Waals surface area contributed by atoms with Gasteiger partial charge in [-0.05, 0) is 40.0 Å². The van der Waals surface area contributed by atoms with Crippen LogP contribution in [-0.4, -0.2) is 63.3 Å². The number of likely N-dealkylation sites (tertiary alicyclic amines) is 1. The molecular weight excluding hydrogens is 342 g/mol. The van der Waals surface area contributed by atoms with Gasteiger partial charge in [-0.25, -0.2) is 4.98 Å². The number of imidazole rings is 1. The maximum absolute atomic E-state index is 13.1. The van der Waals surface area contributed by atoms with Crippen LogP contribution in [0, 0.1) is 12.8 Å². The predicted octanol–water partition coefficient (Wildman–Crippen LogP) is 1.84. The summed E-state index contributed by atoms with van der Waals surface area (Å²) in [5.41, 5.74) is 2.00. The highest BCUT2D eigenvalue weighted by Gasteiger charge is 2.40. The van der Waals surface area contributed by atoms with Gasteiger partial charge in [-0.2, -0.15) is 0 Å². The molecule has 1 aliphatic heterocycles. The summed E-state index contributed by atoms with van der Waals surface area (Å²) in [6.45, 7) is 8.76. The number of hydrogen-bond donors (Lipinski definition) is 2. The highest BCUT2D eigenvalue weighted by molar-refractivity contribution is 5.83. The first-order chi connectivity index (χ1) is 13.0. The Morgan fingerprint density at radius 2 is 2.00 bits per heavy atom. The molecule has 1 aliphatic carbocycles. The average molecular weight is 376 g/mol. The Morgan fingerprint density at radius 1 is 1.30 bits per heavy atom. The first-order valence-corrected chi connectivity index (χ1v) is 10.4. The van der Waals surface area contributed by atoms with Gasteiger partial charge in [0.25, 0.3) is 0 Å². The van der Waals surface area contributed by atoms with Crippen molar-refractivity contribution >= 4 is 11.8 Å². The largest absolute Gasteiger partial charge is 0.352 e. The first kappa shape index (κ1) is 19.9. The predicted molar refractivity (Wildman–Crippen MR) is 104 cm³/mol. The van der Waals surface area contributed by atoms with Gasteiger partial charge in [-0.3, -0.25) is 14.5 Å². The zero-order valence-electron chi connectivity index (χ0n) is 16.8. The summed E-state index contributed by atoms with van der Waals surface area (Å²) in [6, 6.07) is -0.170. The molecule has 150 valence electrons. The van der Waals surface area contributed by atoms with Crippen molar-refractivity contribution < 1.29 is 9.59 Å². The third kappa shape index (κ3) is 4.51. The van der Waals surface area contributed by atoms with E-state index in [9.17, 15) is 9.59 Å². The number of amides is 2. The highest BCUT2D eigenvalue weighted by Crippen LogP contribution is 2.27. The summed E-state index contributed by atoms with van der Waals surface area (Å²) in [4.78, 5) is 37.2. The van der Waals surface area contributed by atoms with Gasteiger partial charge >= 0.3 is 0 Å². The Labute approximate surface area is 161 Å². The average Bonchev–Trinajstić information content (AvgIpc) is 3.39. The van der Waals surface area contributed by atoms with Gasteiger partial charge in [0.1, 0.15) is 0 Å². The lowest BCUT2D eigenvalue weighted by molar-refractivity contribution is -0.135. The van der Waals surface area contributed by atoms with Crippen molar-refractivity contribution in [3.05, 3.63) is 17.7 Å². The van der Waals surface area contributed by atoms with E-state index in [4.69, 9.17) is 0 Å². The molecule has 0 aromatic carbocycles. The number of aromatic amines is 1. The first-order valence-electron chi connectivity index (χ1n) is 10.4. The van der Waals surface area contributed by atoms with Crippen molar-refractivity contribution in [2.75, 3.05) is 19.6 Å². The number of aromatic nitrogens is 2. The molecule has 1 saturated heterocycles. The molecule has 27 heavy (non-hydrogen) atoms. The summed E-state index contributed by atoms with van der Waals surface area (Å²) in [7, 11) is 0. The number of carbonyl (C=O) groups is 2.